The molecule has 0 saturated carbocycles. The number of nitrogens with one attached hydrogen (secondary N) is 2. The molecule has 1 heterocycles. The van der Waals surface area contributed by atoms with E-state index >= 15 is 0 Å². The Bertz CT molecular complexity index is 720. The maximum atomic E-state index is 12.2. The Balaban J connectivity index is 0.00000364. The van der Waals surface area contributed by atoms with Crippen LogP contribution in [-0.2, 0) is 6.54 Å². The van der Waals surface area contributed by atoms with Crippen LogP contribution in [0.25, 0.3) is 10.6 Å². The Hall–Kier alpha value is -1.56. The van der Waals surface area contributed by atoms with Gasteiger partial charge in [-0.3, -0.25) is 0 Å². The minimum absolute atomic E-state index is 0. The van der Waals surface area contributed by atoms with Crippen LogP contribution in [0.1, 0.15) is 19.0 Å². The van der Waals surface area contributed by atoms with Crippen LogP contribution in [-0.4, -0.2) is 37.3 Å². The monoisotopic (exact) mass is 514 g/mol. The van der Waals surface area contributed by atoms with Crippen LogP contribution >= 0.6 is 35.3 Å². The molecular formula is C17H22F3IN4OS. The molecule has 2 N–H and O–H groups in total. The Labute approximate surface area is 177 Å². The number of halogens is 4. The van der Waals surface area contributed by atoms with E-state index in [9.17, 15) is 13.2 Å². The second kappa shape index (κ2) is 11.3. The molecule has 10 heteroatoms. The summed E-state index contributed by atoms with van der Waals surface area (Å²) in [5, 5.41) is 8.35. The normalized spacial score (nSPS) is 11.7. The van der Waals surface area contributed by atoms with Gasteiger partial charge in [0.25, 0.3) is 0 Å². The number of aromatic nitrogens is 1. The van der Waals surface area contributed by atoms with E-state index in [0.29, 0.717) is 12.5 Å². The van der Waals surface area contributed by atoms with Crippen LogP contribution in [0.3, 0.4) is 0 Å². The molecular weight excluding hydrogens is 492 g/mol. The maximum absolute atomic E-state index is 12.2. The van der Waals surface area contributed by atoms with Gasteiger partial charge in [0.15, 0.2) is 5.96 Å². The van der Waals surface area contributed by atoms with Gasteiger partial charge >= 0.3 is 6.18 Å². The first kappa shape index (κ1) is 23.5. The number of hydrogen-bond donors (Lipinski definition) is 2. The van der Waals surface area contributed by atoms with Crippen LogP contribution < -0.4 is 15.4 Å². The predicted octanol–water partition coefficient (Wildman–Crippen LogP) is 4.44. The first-order valence-corrected chi connectivity index (χ1v) is 8.97. The Morgan fingerprint density at radius 3 is 2.52 bits per heavy atom. The molecule has 5 nitrogen and oxygen atoms in total. The summed E-state index contributed by atoms with van der Waals surface area (Å²) in [4.78, 5) is 8.81. The van der Waals surface area contributed by atoms with Crippen molar-refractivity contribution in [2.45, 2.75) is 26.1 Å². The molecule has 1 aromatic heterocycles. The van der Waals surface area contributed by atoms with Gasteiger partial charge in [-0.2, -0.15) is 13.2 Å². The number of methoxy groups -OCH3 is 1. The highest BCUT2D eigenvalue weighted by atomic mass is 127. The standard InChI is InChI=1S/C17H21F3N4OS.HI/c1-3-21-16(22-9-8-17(18,19)20)23-10-13-11-26-15(24-13)12-4-6-14(25-2)7-5-12;/h4-7,11H,3,8-10H2,1-2H3,(H2,21,22,23);1H. The smallest absolute Gasteiger partial charge is 0.390 e. The largest absolute Gasteiger partial charge is 0.497 e. The van der Waals surface area contributed by atoms with Crippen LogP contribution in [0.4, 0.5) is 13.2 Å². The molecule has 0 amide bonds. The summed E-state index contributed by atoms with van der Waals surface area (Å²) in [6.07, 6.45) is -5.10. The van der Waals surface area contributed by atoms with E-state index in [1.54, 1.807) is 7.11 Å². The average molecular weight is 514 g/mol. The minimum Gasteiger partial charge on any atom is -0.497 e. The average Bonchev–Trinajstić information content (AvgIpc) is 3.07. The first-order chi connectivity index (χ1) is 12.4. The molecule has 0 aliphatic heterocycles. The molecule has 0 spiro atoms. The zero-order valence-corrected chi connectivity index (χ0v) is 18.1. The number of aliphatic imine (C=N–C) groups is 1. The summed E-state index contributed by atoms with van der Waals surface area (Å²) in [5.41, 5.74) is 1.73. The highest BCUT2D eigenvalue weighted by Gasteiger charge is 2.26. The predicted molar refractivity (Wildman–Crippen MR) is 113 cm³/mol. The highest BCUT2D eigenvalue weighted by Crippen LogP contribution is 2.26. The maximum Gasteiger partial charge on any atom is 0.390 e. The lowest BCUT2D eigenvalue weighted by Crippen LogP contribution is -2.38. The van der Waals surface area contributed by atoms with E-state index < -0.39 is 12.6 Å². The summed E-state index contributed by atoms with van der Waals surface area (Å²) in [6.45, 7) is 2.48. The van der Waals surface area contributed by atoms with Crippen molar-refractivity contribution in [2.75, 3.05) is 20.2 Å². The molecule has 0 unspecified atom stereocenters. The van der Waals surface area contributed by atoms with Gasteiger partial charge < -0.3 is 15.4 Å². The van der Waals surface area contributed by atoms with E-state index in [0.717, 1.165) is 22.0 Å². The van der Waals surface area contributed by atoms with Gasteiger partial charge in [-0.1, -0.05) is 0 Å². The van der Waals surface area contributed by atoms with E-state index in [1.165, 1.54) is 11.3 Å². The molecule has 0 atom stereocenters. The quantitative estimate of drug-likeness (QED) is 0.326. The van der Waals surface area contributed by atoms with Gasteiger partial charge in [0.1, 0.15) is 10.8 Å². The lowest BCUT2D eigenvalue weighted by atomic mass is 10.2. The van der Waals surface area contributed by atoms with Crippen LogP contribution in [0.2, 0.25) is 0 Å². The topological polar surface area (TPSA) is 58.5 Å². The van der Waals surface area contributed by atoms with E-state index in [4.69, 9.17) is 4.74 Å². The number of thiazole rings is 1. The third kappa shape index (κ3) is 8.33. The number of alkyl halides is 3. The number of rotatable bonds is 7. The fourth-order valence-electron chi connectivity index (χ4n) is 2.07. The first-order valence-electron chi connectivity index (χ1n) is 8.09. The molecule has 0 aliphatic rings. The number of guanidine groups is 1. The van der Waals surface area contributed by atoms with Crippen molar-refractivity contribution in [3.05, 3.63) is 35.3 Å². The van der Waals surface area contributed by atoms with Gasteiger partial charge in [0, 0.05) is 24.0 Å². The Morgan fingerprint density at radius 1 is 1.22 bits per heavy atom. The molecule has 2 rings (SSSR count). The van der Waals surface area contributed by atoms with Crippen molar-refractivity contribution < 1.29 is 17.9 Å². The molecule has 0 bridgehead atoms. The summed E-state index contributed by atoms with van der Waals surface area (Å²) >= 11 is 1.49. The fraction of sp³-hybridized carbons (Fsp3) is 0.412. The van der Waals surface area contributed by atoms with Crippen LogP contribution in [0.5, 0.6) is 5.75 Å². The van der Waals surface area contributed by atoms with Gasteiger partial charge in [0.2, 0.25) is 0 Å². The third-order valence-electron chi connectivity index (χ3n) is 3.33. The number of nitrogens with zero attached hydrogens (tertiary/aromatic N) is 2. The zero-order valence-electron chi connectivity index (χ0n) is 15.0. The second-order valence-corrected chi connectivity index (χ2v) is 6.22. The van der Waals surface area contributed by atoms with Crippen molar-refractivity contribution in [3.63, 3.8) is 0 Å². The summed E-state index contributed by atoms with van der Waals surface area (Å²) < 4.78 is 41.8. The Morgan fingerprint density at radius 2 is 1.93 bits per heavy atom. The zero-order chi connectivity index (χ0) is 19.0. The van der Waals surface area contributed by atoms with Gasteiger partial charge in [-0.25, -0.2) is 9.98 Å². The summed E-state index contributed by atoms with van der Waals surface area (Å²) in [6, 6.07) is 7.58. The van der Waals surface area contributed by atoms with Gasteiger partial charge in [-0.15, -0.1) is 35.3 Å². The van der Waals surface area contributed by atoms with Crippen molar-refractivity contribution in [1.82, 2.24) is 15.6 Å². The molecule has 0 saturated heterocycles. The van der Waals surface area contributed by atoms with Crippen molar-refractivity contribution >= 4 is 41.3 Å². The van der Waals surface area contributed by atoms with Gasteiger partial charge in [-0.05, 0) is 31.2 Å². The molecule has 0 radical (unpaired) electrons. The lowest BCUT2D eigenvalue weighted by Gasteiger charge is -2.12. The lowest BCUT2D eigenvalue weighted by molar-refractivity contribution is -0.132. The molecule has 2 aromatic rings. The third-order valence-corrected chi connectivity index (χ3v) is 4.27. The van der Waals surface area contributed by atoms with E-state index in [-0.39, 0.29) is 37.1 Å². The molecule has 1 aromatic carbocycles. The Kier molecular flexibility index (Phi) is 9.84. The number of benzene rings is 1. The van der Waals surface area contributed by atoms with Gasteiger partial charge in [0.05, 0.1) is 25.8 Å². The SMILES string of the molecule is CCNC(=NCc1csc(-c2ccc(OC)cc2)n1)NCCC(F)(F)F.I. The van der Waals surface area contributed by atoms with Crippen molar-refractivity contribution in [1.29, 1.82) is 0 Å². The molecule has 0 fully saturated rings. The minimum atomic E-state index is -4.19. The summed E-state index contributed by atoms with van der Waals surface area (Å²) in [7, 11) is 1.61. The van der Waals surface area contributed by atoms with E-state index in [1.807, 2.05) is 36.6 Å². The highest BCUT2D eigenvalue weighted by molar-refractivity contribution is 14.0. The van der Waals surface area contributed by atoms with Crippen LogP contribution in [0.15, 0.2) is 34.6 Å². The second-order valence-electron chi connectivity index (χ2n) is 5.36. The molecule has 150 valence electrons. The van der Waals surface area contributed by atoms with E-state index in [2.05, 4.69) is 20.6 Å². The number of ether oxygens (including phenoxy) is 1. The molecule has 0 aliphatic carbocycles. The fourth-order valence-corrected chi connectivity index (χ4v) is 2.89. The number of hydrogen-bond acceptors (Lipinski definition) is 4. The van der Waals surface area contributed by atoms with Crippen molar-refractivity contribution in [2.24, 2.45) is 4.99 Å². The summed E-state index contributed by atoms with van der Waals surface area (Å²) in [5.74, 6) is 1.12. The van der Waals surface area contributed by atoms with Crippen molar-refractivity contribution in [3.8, 4) is 16.3 Å². The van der Waals surface area contributed by atoms with Crippen LogP contribution in [0, 0.1) is 0 Å². The molecule has 27 heavy (non-hydrogen) atoms.